The van der Waals surface area contributed by atoms with Crippen LogP contribution in [0.5, 0.6) is 0 Å². The Morgan fingerprint density at radius 1 is 0.794 bits per heavy atom. The zero-order valence-electron chi connectivity index (χ0n) is 15.8. The third-order valence-corrected chi connectivity index (χ3v) is 5.03. The van der Waals surface area contributed by atoms with E-state index >= 15 is 0 Å². The number of carboxylic acid groups (broad SMARTS) is 1. The summed E-state index contributed by atoms with van der Waals surface area (Å²) in [5.74, 6) is -14.2. The van der Waals surface area contributed by atoms with Crippen molar-refractivity contribution in [2.24, 2.45) is 0 Å². The average molecular weight is 554 g/mol. The van der Waals surface area contributed by atoms with Gasteiger partial charge in [-0.1, -0.05) is 22.7 Å². The number of aromatic amines is 2. The van der Waals surface area contributed by atoms with Crippen LogP contribution in [0.25, 0.3) is 0 Å². The molecule has 0 aliphatic carbocycles. The van der Waals surface area contributed by atoms with Gasteiger partial charge in [-0.05, 0) is 6.92 Å². The minimum atomic E-state index is -5.97. The van der Waals surface area contributed by atoms with Crippen molar-refractivity contribution in [1.29, 1.82) is 0 Å². The van der Waals surface area contributed by atoms with Gasteiger partial charge in [-0.25, -0.2) is 9.59 Å². The first-order valence-electron chi connectivity index (χ1n) is 7.95. The summed E-state index contributed by atoms with van der Waals surface area (Å²) in [5, 5.41) is 8.36. The number of nitrogens with one attached hydrogen (secondary N) is 2. The molecule has 20 heteroatoms. The highest BCUT2D eigenvalue weighted by molar-refractivity contribution is 7.11. The second kappa shape index (κ2) is 9.76. The van der Waals surface area contributed by atoms with Crippen LogP contribution < -0.4 is 9.75 Å². The summed E-state index contributed by atoms with van der Waals surface area (Å²) in [7, 11) is 0. The summed E-state index contributed by atoms with van der Waals surface area (Å²) in [4.78, 5) is 40.6. The number of halogens is 10. The van der Waals surface area contributed by atoms with E-state index in [0.29, 0.717) is 0 Å². The van der Waals surface area contributed by atoms with Gasteiger partial charge >= 0.3 is 45.9 Å². The van der Waals surface area contributed by atoms with Gasteiger partial charge < -0.3 is 19.8 Å². The number of rotatable bonds is 5. The van der Waals surface area contributed by atoms with E-state index in [9.17, 15) is 63.1 Å². The van der Waals surface area contributed by atoms with Gasteiger partial charge in [-0.3, -0.25) is 9.59 Å². The van der Waals surface area contributed by atoms with Gasteiger partial charge in [0.2, 0.25) is 0 Å². The van der Waals surface area contributed by atoms with E-state index in [0.717, 1.165) is 0 Å². The molecule has 0 aliphatic heterocycles. The van der Waals surface area contributed by atoms with E-state index in [1.54, 1.807) is 0 Å². The molecule has 8 nitrogen and oxygen atoms in total. The second-order valence-electron chi connectivity index (χ2n) is 5.61. The topological polar surface area (TPSA) is 129 Å². The van der Waals surface area contributed by atoms with Gasteiger partial charge in [-0.2, -0.15) is 43.9 Å². The molecule has 0 aliphatic rings. The van der Waals surface area contributed by atoms with Crippen LogP contribution in [-0.4, -0.2) is 46.0 Å². The van der Waals surface area contributed by atoms with Crippen molar-refractivity contribution in [1.82, 2.24) is 9.97 Å². The number of aromatic carboxylic acids is 1. The molecule has 0 saturated heterocycles. The number of H-pyrrole nitrogens is 2. The lowest BCUT2D eigenvalue weighted by Gasteiger charge is -2.18. The molecule has 2 aromatic rings. The lowest BCUT2D eigenvalue weighted by atomic mass is 10.2. The molecule has 0 atom stereocenters. The van der Waals surface area contributed by atoms with E-state index in [1.807, 2.05) is 0 Å². The van der Waals surface area contributed by atoms with Gasteiger partial charge in [0.15, 0.2) is 0 Å². The minimum absolute atomic E-state index is 0.0603. The van der Waals surface area contributed by atoms with Crippen molar-refractivity contribution in [2.45, 2.75) is 31.1 Å². The Balaban J connectivity index is 0.000000342. The number of hydrogen-bond acceptors (Lipinski definition) is 7. The Morgan fingerprint density at radius 3 is 1.47 bits per heavy atom. The maximum atomic E-state index is 13.0. The predicted molar refractivity (Wildman–Crippen MR) is 92.7 cm³/mol. The van der Waals surface area contributed by atoms with Crippen LogP contribution in [-0.2, 0) is 16.6 Å². The largest absolute Gasteiger partial charge is 0.477 e. The Kier molecular flexibility index (Phi) is 8.36. The predicted octanol–water partition coefficient (Wildman–Crippen LogP) is 4.06. The number of esters is 1. The van der Waals surface area contributed by atoms with Crippen LogP contribution >= 0.6 is 22.7 Å². The molecule has 0 unspecified atom stereocenters. The van der Waals surface area contributed by atoms with Gasteiger partial charge in [-0.15, -0.1) is 0 Å². The molecule has 0 aromatic carbocycles. The van der Waals surface area contributed by atoms with Crippen molar-refractivity contribution in [3.8, 4) is 0 Å². The van der Waals surface area contributed by atoms with Crippen LogP contribution in [0.1, 0.15) is 37.7 Å². The highest BCUT2D eigenvalue weighted by Gasteiger charge is 2.62. The second-order valence-corrected chi connectivity index (χ2v) is 7.57. The zero-order chi connectivity index (χ0) is 26.9. The van der Waals surface area contributed by atoms with Gasteiger partial charge in [0.1, 0.15) is 21.1 Å². The van der Waals surface area contributed by atoms with E-state index in [2.05, 4.69) is 4.74 Å². The smallest absolute Gasteiger partial charge is 0.459 e. The summed E-state index contributed by atoms with van der Waals surface area (Å²) >= 11 is -0.285. The minimum Gasteiger partial charge on any atom is -0.477 e. The summed E-state index contributed by atoms with van der Waals surface area (Å²) in [6.07, 6.45) is -11.9. The zero-order valence-corrected chi connectivity index (χ0v) is 17.4. The third kappa shape index (κ3) is 5.96. The number of aromatic nitrogens is 2. The average Bonchev–Trinajstić information content (AvgIpc) is 3.24. The molecule has 34 heavy (non-hydrogen) atoms. The van der Waals surface area contributed by atoms with Crippen LogP contribution in [0, 0.1) is 0 Å². The molecule has 0 bridgehead atoms. The molecule has 3 N–H and O–H groups in total. The van der Waals surface area contributed by atoms with Gasteiger partial charge in [0.05, 0.1) is 6.61 Å². The molecule has 0 fully saturated rings. The van der Waals surface area contributed by atoms with Crippen LogP contribution in [0.2, 0.25) is 0 Å². The van der Waals surface area contributed by atoms with Crippen molar-refractivity contribution >= 4 is 34.6 Å². The Bertz CT molecular complexity index is 1160. The van der Waals surface area contributed by atoms with E-state index in [1.165, 1.54) is 16.9 Å². The number of ether oxygens (including phenoxy) is 1. The number of carbonyl (C=O) groups excluding carboxylic acids is 1. The normalized spacial score (nSPS) is 12.7. The maximum Gasteiger partial charge on any atom is 0.459 e. The van der Waals surface area contributed by atoms with E-state index < -0.39 is 67.0 Å². The van der Waals surface area contributed by atoms with E-state index in [-0.39, 0.29) is 29.3 Å². The van der Waals surface area contributed by atoms with Crippen molar-refractivity contribution in [3.63, 3.8) is 0 Å². The molecule has 0 amide bonds. The van der Waals surface area contributed by atoms with Gasteiger partial charge in [0.25, 0.3) is 0 Å². The fourth-order valence-electron chi connectivity index (χ4n) is 1.87. The fourth-order valence-corrected chi connectivity index (χ4v) is 3.34. The molecule has 0 spiro atoms. The van der Waals surface area contributed by atoms with Crippen molar-refractivity contribution < 1.29 is 63.3 Å². The molecule has 2 heterocycles. The molecule has 2 aromatic heterocycles. The number of carbonyl (C=O) groups is 2. The Morgan fingerprint density at radius 2 is 1.15 bits per heavy atom. The molecular weight excluding hydrogens is 546 g/mol. The summed E-state index contributed by atoms with van der Waals surface area (Å²) in [6, 6.07) is 0. The lowest BCUT2D eigenvalue weighted by molar-refractivity contribution is -0.291. The Hall–Kier alpha value is -2.90. The number of alkyl halides is 10. The highest BCUT2D eigenvalue weighted by Crippen LogP contribution is 2.45. The van der Waals surface area contributed by atoms with Crippen LogP contribution in [0.15, 0.2) is 9.59 Å². The molecule has 2 rings (SSSR count). The standard InChI is InChI=1S/C8H6F5NO3S.C6H2F5NO3S/c1-2-17-5(15)3-4(14-6(16)18-3)7(9,10)8(11,12)13;7-5(8,6(9,10)11)2-1(3(13)14)16-4(15)12-2/h2H2,1H3,(H,14,16);(H,12,15)(H,13,14). The maximum absolute atomic E-state index is 13.0. The molecular formula is C14H8F10N2O6S2. The number of hydrogen-bond donors (Lipinski definition) is 3. The van der Waals surface area contributed by atoms with Crippen molar-refractivity contribution in [3.05, 3.63) is 40.5 Å². The van der Waals surface area contributed by atoms with E-state index in [4.69, 9.17) is 5.11 Å². The third-order valence-electron chi connectivity index (χ3n) is 3.29. The monoisotopic (exact) mass is 554 g/mol. The molecule has 192 valence electrons. The summed E-state index contributed by atoms with van der Waals surface area (Å²) in [6.45, 7) is 1.12. The molecule has 0 radical (unpaired) electrons. The SMILES string of the molecule is CCOC(=O)c1sc(=O)[nH]c1C(F)(F)C(F)(F)F.O=C(O)c1sc(=O)[nH]c1C(F)(F)C(F)(F)F. The fraction of sp³-hybridized carbons (Fsp3) is 0.429. The highest BCUT2D eigenvalue weighted by atomic mass is 32.1. The first-order chi connectivity index (χ1) is 15.2. The summed E-state index contributed by atoms with van der Waals surface area (Å²) in [5.41, 5.74) is -3.73. The number of thiazole rings is 2. The lowest BCUT2D eigenvalue weighted by Crippen LogP contribution is -2.35. The Labute approximate surface area is 186 Å². The van der Waals surface area contributed by atoms with Crippen LogP contribution in [0.4, 0.5) is 43.9 Å². The first kappa shape index (κ1) is 29.1. The molecule has 0 saturated carbocycles. The van der Waals surface area contributed by atoms with Crippen molar-refractivity contribution in [2.75, 3.05) is 6.61 Å². The number of carboxylic acids is 1. The summed E-state index contributed by atoms with van der Waals surface area (Å²) < 4.78 is 128. The van der Waals surface area contributed by atoms with Gasteiger partial charge in [0, 0.05) is 0 Å². The quantitative estimate of drug-likeness (QED) is 0.378. The van der Waals surface area contributed by atoms with Crippen LogP contribution in [0.3, 0.4) is 0 Å². The first-order valence-corrected chi connectivity index (χ1v) is 9.58.